The molecule has 4 nitrogen and oxygen atoms in total. The maximum Gasteiger partial charge on any atom is 0.337 e. The Morgan fingerprint density at radius 1 is 1.14 bits per heavy atom. The number of aromatic carboxylic acids is 1. The van der Waals surface area contributed by atoms with Crippen LogP contribution in [-0.2, 0) is 15.6 Å². The summed E-state index contributed by atoms with van der Waals surface area (Å²) in [5, 5.41) is 8.92. The molecule has 7 heteroatoms. The number of carboxylic acids is 1. The minimum Gasteiger partial charge on any atom is -0.478 e. The summed E-state index contributed by atoms with van der Waals surface area (Å²) in [6.07, 6.45) is 0. The van der Waals surface area contributed by atoms with Gasteiger partial charge in [-0.25, -0.2) is 17.6 Å². The number of hydrogen-bond acceptors (Lipinski definition) is 3. The zero-order valence-electron chi connectivity index (χ0n) is 10.6. The summed E-state index contributed by atoms with van der Waals surface area (Å²) in [4.78, 5) is 10.8. The van der Waals surface area contributed by atoms with Gasteiger partial charge in [0.2, 0.25) is 0 Å². The van der Waals surface area contributed by atoms with Crippen molar-refractivity contribution in [3.05, 3.63) is 64.4 Å². The fourth-order valence-corrected chi connectivity index (χ4v) is 3.31. The molecule has 0 aliphatic rings. The Morgan fingerprint density at radius 2 is 1.76 bits per heavy atom. The van der Waals surface area contributed by atoms with Crippen LogP contribution >= 0.6 is 11.6 Å². The normalized spacial score (nSPS) is 11.3. The molecule has 2 aromatic rings. The van der Waals surface area contributed by atoms with Crippen molar-refractivity contribution in [3.8, 4) is 0 Å². The average Bonchev–Trinajstić information content (AvgIpc) is 2.41. The van der Waals surface area contributed by atoms with Crippen molar-refractivity contribution < 1.29 is 22.7 Å². The summed E-state index contributed by atoms with van der Waals surface area (Å²) in [7, 11) is -3.74. The predicted molar refractivity (Wildman–Crippen MR) is 75.7 cm³/mol. The van der Waals surface area contributed by atoms with E-state index in [1.807, 2.05) is 0 Å². The van der Waals surface area contributed by atoms with E-state index in [1.54, 1.807) is 0 Å². The molecule has 0 radical (unpaired) electrons. The van der Waals surface area contributed by atoms with Gasteiger partial charge < -0.3 is 5.11 Å². The molecule has 0 aliphatic heterocycles. The van der Waals surface area contributed by atoms with Gasteiger partial charge in [-0.1, -0.05) is 23.7 Å². The molecule has 0 saturated carbocycles. The first-order valence-electron chi connectivity index (χ1n) is 5.79. The molecular weight excluding hydrogens is 319 g/mol. The van der Waals surface area contributed by atoms with E-state index in [9.17, 15) is 17.6 Å². The van der Waals surface area contributed by atoms with Gasteiger partial charge in [0.1, 0.15) is 5.82 Å². The fraction of sp³-hybridized carbons (Fsp3) is 0.0714. The minimum atomic E-state index is -3.74. The van der Waals surface area contributed by atoms with Crippen LogP contribution < -0.4 is 0 Å². The van der Waals surface area contributed by atoms with Crippen LogP contribution in [-0.4, -0.2) is 19.5 Å². The topological polar surface area (TPSA) is 71.4 Å². The van der Waals surface area contributed by atoms with Crippen LogP contribution in [0, 0.1) is 5.82 Å². The molecule has 0 fully saturated rings. The summed E-state index contributed by atoms with van der Waals surface area (Å²) >= 11 is 5.70. The van der Waals surface area contributed by atoms with Gasteiger partial charge in [-0.2, -0.15) is 0 Å². The highest BCUT2D eigenvalue weighted by Gasteiger charge is 2.19. The van der Waals surface area contributed by atoms with Crippen LogP contribution in [0.5, 0.6) is 0 Å². The van der Waals surface area contributed by atoms with E-state index in [2.05, 4.69) is 0 Å². The number of hydrogen-bond donors (Lipinski definition) is 1. The second-order valence-corrected chi connectivity index (χ2v) is 6.73. The number of carboxylic acid groups (broad SMARTS) is 1. The molecule has 0 unspecified atom stereocenters. The summed E-state index contributed by atoms with van der Waals surface area (Å²) in [5.41, 5.74) is 0.125. The van der Waals surface area contributed by atoms with Crippen molar-refractivity contribution >= 4 is 27.4 Å². The molecule has 110 valence electrons. The second kappa shape index (κ2) is 5.83. The van der Waals surface area contributed by atoms with Crippen LogP contribution in [0.2, 0.25) is 5.02 Å². The quantitative estimate of drug-likeness (QED) is 0.935. The Kier molecular flexibility index (Phi) is 4.29. The molecule has 0 amide bonds. The van der Waals surface area contributed by atoms with Crippen molar-refractivity contribution in [1.29, 1.82) is 0 Å². The number of rotatable bonds is 4. The molecular formula is C14H10ClFO4S. The van der Waals surface area contributed by atoms with Gasteiger partial charge in [0.15, 0.2) is 9.84 Å². The first-order chi connectivity index (χ1) is 9.79. The highest BCUT2D eigenvalue weighted by molar-refractivity contribution is 7.90. The number of sulfone groups is 1. The van der Waals surface area contributed by atoms with Crippen LogP contribution in [0.15, 0.2) is 47.4 Å². The van der Waals surface area contributed by atoms with Gasteiger partial charge in [0.05, 0.1) is 21.2 Å². The second-order valence-electron chi connectivity index (χ2n) is 4.33. The van der Waals surface area contributed by atoms with E-state index in [0.29, 0.717) is 5.56 Å². The van der Waals surface area contributed by atoms with Crippen LogP contribution in [0.1, 0.15) is 15.9 Å². The summed E-state index contributed by atoms with van der Waals surface area (Å²) < 4.78 is 37.3. The van der Waals surface area contributed by atoms with Crippen molar-refractivity contribution in [3.63, 3.8) is 0 Å². The lowest BCUT2D eigenvalue weighted by Gasteiger charge is -2.07. The summed E-state index contributed by atoms with van der Waals surface area (Å²) in [6.45, 7) is 0. The van der Waals surface area contributed by atoms with Gasteiger partial charge >= 0.3 is 5.97 Å². The number of carbonyl (C=O) groups is 1. The van der Waals surface area contributed by atoms with Crippen LogP contribution in [0.3, 0.4) is 0 Å². The van der Waals surface area contributed by atoms with E-state index in [-0.39, 0.29) is 21.2 Å². The van der Waals surface area contributed by atoms with Crippen LogP contribution in [0.4, 0.5) is 4.39 Å². The Hall–Kier alpha value is -1.92. The van der Waals surface area contributed by atoms with Crippen molar-refractivity contribution in [2.75, 3.05) is 0 Å². The average molecular weight is 329 g/mol. The zero-order chi connectivity index (χ0) is 15.6. The number of halogens is 2. The maximum absolute atomic E-state index is 12.8. The zero-order valence-corrected chi connectivity index (χ0v) is 12.2. The first-order valence-corrected chi connectivity index (χ1v) is 7.83. The van der Waals surface area contributed by atoms with E-state index >= 15 is 0 Å². The SMILES string of the molecule is O=C(O)c1cc(S(=O)(=O)Cc2ccc(F)cc2)ccc1Cl. The highest BCUT2D eigenvalue weighted by atomic mass is 35.5. The van der Waals surface area contributed by atoms with Crippen LogP contribution in [0.25, 0.3) is 0 Å². The molecule has 2 aromatic carbocycles. The van der Waals surface area contributed by atoms with Gasteiger partial charge in [-0.05, 0) is 35.9 Å². The van der Waals surface area contributed by atoms with Crippen molar-refractivity contribution in [1.82, 2.24) is 0 Å². The molecule has 2 rings (SSSR count). The van der Waals surface area contributed by atoms with Gasteiger partial charge in [0, 0.05) is 0 Å². The smallest absolute Gasteiger partial charge is 0.337 e. The Balaban J connectivity index is 2.38. The van der Waals surface area contributed by atoms with E-state index < -0.39 is 21.6 Å². The van der Waals surface area contributed by atoms with Gasteiger partial charge in [-0.15, -0.1) is 0 Å². The molecule has 0 aromatic heterocycles. The first kappa shape index (κ1) is 15.5. The predicted octanol–water partition coefficient (Wildman–Crippen LogP) is 3.15. The number of benzene rings is 2. The molecule has 0 spiro atoms. The summed E-state index contributed by atoms with van der Waals surface area (Å²) in [6, 6.07) is 8.53. The minimum absolute atomic E-state index is 0.0387. The molecule has 0 saturated heterocycles. The van der Waals surface area contributed by atoms with E-state index in [4.69, 9.17) is 16.7 Å². The monoisotopic (exact) mass is 328 g/mol. The lowest BCUT2D eigenvalue weighted by molar-refractivity contribution is 0.0697. The molecule has 1 N–H and O–H groups in total. The summed E-state index contributed by atoms with van der Waals surface area (Å²) in [5.74, 6) is -2.12. The molecule has 0 bridgehead atoms. The van der Waals surface area contributed by atoms with E-state index in [1.165, 1.54) is 24.3 Å². The molecule has 21 heavy (non-hydrogen) atoms. The largest absolute Gasteiger partial charge is 0.478 e. The van der Waals surface area contributed by atoms with Crippen molar-refractivity contribution in [2.24, 2.45) is 0 Å². The molecule has 0 aliphatic carbocycles. The maximum atomic E-state index is 12.8. The third-order valence-corrected chi connectivity index (χ3v) is 4.81. The standard InChI is InChI=1S/C14H10ClFO4S/c15-13-6-5-11(7-12(13)14(17)18)21(19,20)8-9-1-3-10(16)4-2-9/h1-7H,8H2,(H,17,18). The molecule has 0 atom stereocenters. The Morgan fingerprint density at radius 3 is 2.33 bits per heavy atom. The third-order valence-electron chi connectivity index (χ3n) is 2.80. The lowest BCUT2D eigenvalue weighted by Crippen LogP contribution is -2.07. The lowest BCUT2D eigenvalue weighted by atomic mass is 10.2. The van der Waals surface area contributed by atoms with E-state index in [0.717, 1.165) is 18.2 Å². The fourth-order valence-electron chi connectivity index (χ4n) is 1.75. The molecule has 0 heterocycles. The van der Waals surface area contributed by atoms with Gasteiger partial charge in [0.25, 0.3) is 0 Å². The Labute approximate surface area is 125 Å². The van der Waals surface area contributed by atoms with Gasteiger partial charge in [-0.3, -0.25) is 0 Å². The Bertz CT molecular complexity index is 785. The van der Waals surface area contributed by atoms with Crippen molar-refractivity contribution in [2.45, 2.75) is 10.6 Å². The highest BCUT2D eigenvalue weighted by Crippen LogP contribution is 2.23. The third kappa shape index (κ3) is 3.59.